The van der Waals surface area contributed by atoms with Crippen LogP contribution in [0.15, 0.2) is 49.7 Å². The first-order valence-corrected chi connectivity index (χ1v) is 8.18. The highest BCUT2D eigenvalue weighted by Gasteiger charge is 2.30. The SMILES string of the molecule is C=CCCC(C(=C)NC)N1Cc2c(CCC)cccc2C1=C. The zero-order chi connectivity index (χ0) is 16.1. The van der Waals surface area contributed by atoms with Gasteiger partial charge in [-0.15, -0.1) is 6.58 Å². The molecular weight excluding hydrogens is 268 g/mol. The Labute approximate surface area is 135 Å². The van der Waals surface area contributed by atoms with Gasteiger partial charge in [0.05, 0.1) is 6.04 Å². The lowest BCUT2D eigenvalue weighted by Gasteiger charge is -2.32. The van der Waals surface area contributed by atoms with E-state index in [0.29, 0.717) is 0 Å². The van der Waals surface area contributed by atoms with Crippen molar-refractivity contribution in [1.29, 1.82) is 0 Å². The van der Waals surface area contributed by atoms with Crippen molar-refractivity contribution in [2.24, 2.45) is 0 Å². The number of benzene rings is 1. The topological polar surface area (TPSA) is 15.3 Å². The molecule has 1 atom stereocenters. The van der Waals surface area contributed by atoms with Gasteiger partial charge < -0.3 is 10.2 Å². The fourth-order valence-electron chi connectivity index (χ4n) is 3.27. The third kappa shape index (κ3) is 3.11. The molecule has 0 saturated heterocycles. The minimum absolute atomic E-state index is 0.261. The molecule has 1 aromatic rings. The maximum atomic E-state index is 4.36. The number of hydrogen-bond donors (Lipinski definition) is 1. The summed E-state index contributed by atoms with van der Waals surface area (Å²) in [5, 5.41) is 3.23. The Kier molecular flexibility index (Phi) is 5.48. The Morgan fingerprint density at radius 1 is 1.45 bits per heavy atom. The smallest absolute Gasteiger partial charge is 0.0688 e. The van der Waals surface area contributed by atoms with Gasteiger partial charge in [-0.3, -0.25) is 0 Å². The fraction of sp³-hybridized carbons (Fsp3) is 0.400. The van der Waals surface area contributed by atoms with Gasteiger partial charge in [0.15, 0.2) is 0 Å². The third-order valence-corrected chi connectivity index (χ3v) is 4.52. The summed E-state index contributed by atoms with van der Waals surface area (Å²) < 4.78 is 0. The molecule has 1 aromatic carbocycles. The number of fused-ring (bicyclic) bond motifs is 1. The largest absolute Gasteiger partial charge is 0.390 e. The second-order valence-corrected chi connectivity index (χ2v) is 5.92. The van der Waals surface area contributed by atoms with Crippen LogP contribution in [-0.4, -0.2) is 18.0 Å². The van der Waals surface area contributed by atoms with E-state index >= 15 is 0 Å². The standard InChI is InChI=1S/C20H28N2/c1-6-8-13-20(15(3)21-5)22-14-19-17(10-7-2)11-9-12-18(19)16(22)4/h6,9,11-12,20-21H,1,3-4,7-8,10,13-14H2,2,5H3. The minimum Gasteiger partial charge on any atom is -0.390 e. The zero-order valence-electron chi connectivity index (χ0n) is 14.0. The van der Waals surface area contributed by atoms with Crippen LogP contribution in [0, 0.1) is 0 Å². The lowest BCUT2D eigenvalue weighted by Crippen LogP contribution is -2.35. The normalized spacial score (nSPS) is 14.6. The highest BCUT2D eigenvalue weighted by molar-refractivity contribution is 5.71. The van der Waals surface area contributed by atoms with Crippen LogP contribution in [0.4, 0.5) is 0 Å². The number of allylic oxidation sites excluding steroid dienone is 1. The first-order valence-electron chi connectivity index (χ1n) is 8.18. The fourth-order valence-corrected chi connectivity index (χ4v) is 3.27. The lowest BCUT2D eigenvalue weighted by molar-refractivity contribution is 0.312. The van der Waals surface area contributed by atoms with E-state index in [2.05, 4.69) is 55.1 Å². The molecule has 2 heteroatoms. The number of aryl methyl sites for hydroxylation is 1. The molecule has 1 unspecified atom stereocenters. The Balaban J connectivity index is 2.30. The molecule has 0 aromatic heterocycles. The molecule has 118 valence electrons. The highest BCUT2D eigenvalue weighted by atomic mass is 15.2. The van der Waals surface area contributed by atoms with Gasteiger partial charge in [0.25, 0.3) is 0 Å². The van der Waals surface area contributed by atoms with Gasteiger partial charge in [-0.1, -0.05) is 50.8 Å². The summed E-state index contributed by atoms with van der Waals surface area (Å²) in [7, 11) is 1.94. The Morgan fingerprint density at radius 3 is 2.86 bits per heavy atom. The molecular formula is C20H28N2. The summed E-state index contributed by atoms with van der Waals surface area (Å²) >= 11 is 0. The van der Waals surface area contributed by atoms with E-state index in [1.165, 1.54) is 23.1 Å². The van der Waals surface area contributed by atoms with Crippen molar-refractivity contribution in [2.45, 2.75) is 45.2 Å². The molecule has 0 aliphatic carbocycles. The molecule has 2 rings (SSSR count). The Morgan fingerprint density at radius 2 is 2.23 bits per heavy atom. The van der Waals surface area contributed by atoms with E-state index in [4.69, 9.17) is 0 Å². The van der Waals surface area contributed by atoms with Gasteiger partial charge in [-0.2, -0.15) is 0 Å². The van der Waals surface area contributed by atoms with E-state index in [1.807, 2.05) is 13.1 Å². The average molecular weight is 296 g/mol. The van der Waals surface area contributed by atoms with Crippen molar-refractivity contribution in [1.82, 2.24) is 10.2 Å². The number of nitrogens with one attached hydrogen (secondary N) is 1. The first kappa shape index (κ1) is 16.4. The summed E-state index contributed by atoms with van der Waals surface area (Å²) in [5.41, 5.74) is 6.38. The second-order valence-electron chi connectivity index (χ2n) is 5.92. The predicted molar refractivity (Wildman–Crippen MR) is 96.4 cm³/mol. The van der Waals surface area contributed by atoms with Crippen LogP contribution >= 0.6 is 0 Å². The van der Waals surface area contributed by atoms with Gasteiger partial charge in [0.2, 0.25) is 0 Å². The highest BCUT2D eigenvalue weighted by Crippen LogP contribution is 2.37. The van der Waals surface area contributed by atoms with Gasteiger partial charge >= 0.3 is 0 Å². The lowest BCUT2D eigenvalue weighted by atomic mass is 9.99. The van der Waals surface area contributed by atoms with Crippen molar-refractivity contribution < 1.29 is 0 Å². The quantitative estimate of drug-likeness (QED) is 0.711. The molecule has 0 fully saturated rings. The van der Waals surface area contributed by atoms with Crippen LogP contribution in [0.2, 0.25) is 0 Å². The maximum Gasteiger partial charge on any atom is 0.0688 e. The average Bonchev–Trinajstić information content (AvgIpc) is 2.86. The van der Waals surface area contributed by atoms with E-state index in [1.54, 1.807) is 0 Å². The Bertz CT molecular complexity index is 571. The molecule has 22 heavy (non-hydrogen) atoms. The molecule has 1 N–H and O–H groups in total. The van der Waals surface area contributed by atoms with Gasteiger partial charge in [-0.05, 0) is 30.4 Å². The molecule has 0 spiro atoms. The number of nitrogens with zero attached hydrogens (tertiary/aromatic N) is 1. The van der Waals surface area contributed by atoms with Crippen LogP contribution in [0.5, 0.6) is 0 Å². The molecule has 1 heterocycles. The van der Waals surface area contributed by atoms with E-state index < -0.39 is 0 Å². The molecule has 0 amide bonds. The summed E-state index contributed by atoms with van der Waals surface area (Å²) in [5.74, 6) is 0. The van der Waals surface area contributed by atoms with Crippen LogP contribution in [0.25, 0.3) is 5.70 Å². The van der Waals surface area contributed by atoms with E-state index in [0.717, 1.165) is 37.2 Å². The van der Waals surface area contributed by atoms with Crippen molar-refractivity contribution in [3.63, 3.8) is 0 Å². The molecule has 1 aliphatic rings. The van der Waals surface area contributed by atoms with Crippen LogP contribution in [0.1, 0.15) is 42.9 Å². The summed E-state index contributed by atoms with van der Waals surface area (Å²) in [6.07, 6.45) is 6.28. The van der Waals surface area contributed by atoms with Crippen LogP contribution in [0.3, 0.4) is 0 Å². The Hall–Kier alpha value is -1.96. The predicted octanol–water partition coefficient (Wildman–Crippen LogP) is 4.49. The number of hydrogen-bond acceptors (Lipinski definition) is 2. The maximum absolute atomic E-state index is 4.36. The molecule has 0 bridgehead atoms. The zero-order valence-corrected chi connectivity index (χ0v) is 14.0. The first-order chi connectivity index (χ1) is 10.6. The van der Waals surface area contributed by atoms with E-state index in [9.17, 15) is 0 Å². The summed E-state index contributed by atoms with van der Waals surface area (Å²) in [6, 6.07) is 6.87. The number of likely N-dealkylation sites (N-methyl/N-ethyl adjacent to an activating group) is 1. The number of rotatable bonds is 8. The molecule has 0 radical (unpaired) electrons. The monoisotopic (exact) mass is 296 g/mol. The molecule has 1 aliphatic heterocycles. The van der Waals surface area contributed by atoms with Crippen LogP contribution < -0.4 is 5.32 Å². The van der Waals surface area contributed by atoms with Gasteiger partial charge in [-0.25, -0.2) is 0 Å². The van der Waals surface area contributed by atoms with E-state index in [-0.39, 0.29) is 6.04 Å². The second kappa shape index (κ2) is 7.35. The molecule has 0 saturated carbocycles. The van der Waals surface area contributed by atoms with Crippen molar-refractivity contribution in [2.75, 3.05) is 7.05 Å². The van der Waals surface area contributed by atoms with Gasteiger partial charge in [0.1, 0.15) is 0 Å². The van der Waals surface area contributed by atoms with Crippen molar-refractivity contribution in [3.8, 4) is 0 Å². The summed E-state index contributed by atoms with van der Waals surface area (Å²) in [4.78, 5) is 2.40. The van der Waals surface area contributed by atoms with Crippen LogP contribution in [-0.2, 0) is 13.0 Å². The summed E-state index contributed by atoms with van der Waals surface area (Å²) in [6.45, 7) is 15.6. The van der Waals surface area contributed by atoms with Gasteiger partial charge in [0, 0.05) is 30.5 Å². The van der Waals surface area contributed by atoms with Crippen molar-refractivity contribution in [3.05, 3.63) is 66.4 Å². The minimum atomic E-state index is 0.261. The van der Waals surface area contributed by atoms with Crippen molar-refractivity contribution >= 4 is 5.70 Å². The molecule has 2 nitrogen and oxygen atoms in total. The third-order valence-electron chi connectivity index (χ3n) is 4.52.